The summed E-state index contributed by atoms with van der Waals surface area (Å²) in [5, 5.41) is 0. The van der Waals surface area contributed by atoms with Crippen LogP contribution in [0.3, 0.4) is 0 Å². The predicted molar refractivity (Wildman–Crippen MR) is 105 cm³/mol. The molecule has 1 aromatic carbocycles. The van der Waals surface area contributed by atoms with E-state index in [4.69, 9.17) is 11.5 Å². The Morgan fingerprint density at radius 3 is 2.58 bits per heavy atom. The van der Waals surface area contributed by atoms with E-state index in [1.165, 1.54) is 16.6 Å². The highest BCUT2D eigenvalue weighted by atomic mass is 16.1. The van der Waals surface area contributed by atoms with Gasteiger partial charge in [-0.25, -0.2) is 4.79 Å². The molecule has 0 aliphatic carbocycles. The molecule has 0 saturated carbocycles. The smallest absolute Gasteiger partial charge is 0.354 e. The number of benzene rings is 1. The minimum Gasteiger partial charge on any atom is -0.383 e. The van der Waals surface area contributed by atoms with Crippen LogP contribution >= 0.6 is 0 Å². The Bertz CT molecular complexity index is 774. The standard InChI is InChI=1S/C20H29N5O/c1-14-7-10-24(11-8-18(14)21)13-15(2)16-3-5-17(6-4-16)25-12-9-19(22)23-20(25)26/h3-6,9,12,14-15,18H,7-8,10-11,13,21H2,1-2H3,(H2,22,23,26)/t14-,15?,18-/m1/s1. The number of nitrogen functional groups attached to an aromatic ring is 1. The van der Waals surface area contributed by atoms with Crippen LogP contribution in [0.1, 0.15) is 38.2 Å². The van der Waals surface area contributed by atoms with E-state index in [-0.39, 0.29) is 11.5 Å². The topological polar surface area (TPSA) is 90.2 Å². The summed E-state index contributed by atoms with van der Waals surface area (Å²) in [6, 6.07) is 10.1. The summed E-state index contributed by atoms with van der Waals surface area (Å²) in [5.74, 6) is 1.26. The SMILES string of the molecule is CC(CN1CC[C@@H](C)[C@H](N)CC1)c1ccc(-n2ccc(N)nc2=O)cc1. The first-order chi connectivity index (χ1) is 12.4. The van der Waals surface area contributed by atoms with Crippen molar-refractivity contribution in [3.8, 4) is 5.69 Å². The van der Waals surface area contributed by atoms with Crippen molar-refractivity contribution < 1.29 is 0 Å². The zero-order valence-corrected chi connectivity index (χ0v) is 15.6. The van der Waals surface area contributed by atoms with Crippen molar-refractivity contribution in [3.63, 3.8) is 0 Å². The first-order valence-electron chi connectivity index (χ1n) is 9.37. The fraction of sp³-hybridized carbons (Fsp3) is 0.500. The first-order valence-corrected chi connectivity index (χ1v) is 9.37. The number of rotatable bonds is 4. The molecule has 1 aromatic heterocycles. The van der Waals surface area contributed by atoms with Crippen molar-refractivity contribution in [2.75, 3.05) is 25.4 Å². The largest absolute Gasteiger partial charge is 0.383 e. The highest BCUT2D eigenvalue weighted by Gasteiger charge is 2.21. The van der Waals surface area contributed by atoms with Gasteiger partial charge in [-0.3, -0.25) is 4.57 Å². The Labute approximate surface area is 154 Å². The van der Waals surface area contributed by atoms with Gasteiger partial charge >= 0.3 is 5.69 Å². The van der Waals surface area contributed by atoms with Gasteiger partial charge in [-0.1, -0.05) is 26.0 Å². The van der Waals surface area contributed by atoms with Crippen LogP contribution in [-0.2, 0) is 0 Å². The summed E-state index contributed by atoms with van der Waals surface area (Å²) in [6.45, 7) is 7.72. The summed E-state index contributed by atoms with van der Waals surface area (Å²) in [5.41, 5.74) is 13.5. The van der Waals surface area contributed by atoms with E-state index in [1.54, 1.807) is 12.3 Å². The Morgan fingerprint density at radius 1 is 1.19 bits per heavy atom. The zero-order valence-electron chi connectivity index (χ0n) is 15.6. The molecule has 2 heterocycles. The molecule has 1 fully saturated rings. The molecule has 0 spiro atoms. The van der Waals surface area contributed by atoms with Crippen molar-refractivity contribution in [1.29, 1.82) is 0 Å². The molecule has 140 valence electrons. The third-order valence-corrected chi connectivity index (χ3v) is 5.51. The van der Waals surface area contributed by atoms with Crippen LogP contribution in [0.5, 0.6) is 0 Å². The van der Waals surface area contributed by atoms with Gasteiger partial charge in [0, 0.05) is 18.8 Å². The quantitative estimate of drug-likeness (QED) is 0.875. The van der Waals surface area contributed by atoms with Crippen LogP contribution in [0.15, 0.2) is 41.3 Å². The molecule has 6 heteroatoms. The molecule has 1 aliphatic rings. The lowest BCUT2D eigenvalue weighted by atomic mass is 9.98. The molecule has 3 atom stereocenters. The van der Waals surface area contributed by atoms with Crippen molar-refractivity contribution in [3.05, 3.63) is 52.6 Å². The molecule has 2 aromatic rings. The maximum absolute atomic E-state index is 12.0. The average molecular weight is 355 g/mol. The Kier molecular flexibility index (Phi) is 5.74. The molecule has 4 N–H and O–H groups in total. The van der Waals surface area contributed by atoms with Crippen molar-refractivity contribution in [1.82, 2.24) is 14.5 Å². The Morgan fingerprint density at radius 2 is 1.88 bits per heavy atom. The van der Waals surface area contributed by atoms with Gasteiger partial charge < -0.3 is 16.4 Å². The molecule has 0 amide bonds. The van der Waals surface area contributed by atoms with Gasteiger partial charge in [-0.2, -0.15) is 4.98 Å². The van der Waals surface area contributed by atoms with Crippen LogP contribution in [0.4, 0.5) is 5.82 Å². The summed E-state index contributed by atoms with van der Waals surface area (Å²) < 4.78 is 1.50. The highest BCUT2D eigenvalue weighted by Crippen LogP contribution is 2.22. The van der Waals surface area contributed by atoms with E-state index in [0.717, 1.165) is 31.7 Å². The molecule has 26 heavy (non-hydrogen) atoms. The summed E-state index contributed by atoms with van der Waals surface area (Å²) >= 11 is 0. The monoisotopic (exact) mass is 355 g/mol. The van der Waals surface area contributed by atoms with Gasteiger partial charge in [0.2, 0.25) is 0 Å². The fourth-order valence-corrected chi connectivity index (χ4v) is 3.58. The number of hydrogen-bond acceptors (Lipinski definition) is 5. The van der Waals surface area contributed by atoms with Crippen molar-refractivity contribution >= 4 is 5.82 Å². The second kappa shape index (κ2) is 8.01. The molecule has 6 nitrogen and oxygen atoms in total. The van der Waals surface area contributed by atoms with Gasteiger partial charge in [0.15, 0.2) is 0 Å². The van der Waals surface area contributed by atoms with Gasteiger partial charge in [0.1, 0.15) is 5.82 Å². The van der Waals surface area contributed by atoms with Crippen LogP contribution in [0.25, 0.3) is 5.69 Å². The van der Waals surface area contributed by atoms with E-state index >= 15 is 0 Å². The van der Waals surface area contributed by atoms with E-state index in [2.05, 4.69) is 35.9 Å². The number of anilines is 1. The number of aromatic nitrogens is 2. The summed E-state index contributed by atoms with van der Waals surface area (Å²) in [7, 11) is 0. The second-order valence-electron chi connectivity index (χ2n) is 7.52. The molecular weight excluding hydrogens is 326 g/mol. The normalized spacial score (nSPS) is 22.7. The lowest BCUT2D eigenvalue weighted by molar-refractivity contribution is 0.268. The molecule has 1 unspecified atom stereocenters. The second-order valence-corrected chi connectivity index (χ2v) is 7.52. The average Bonchev–Trinajstić information content (AvgIpc) is 2.78. The zero-order chi connectivity index (χ0) is 18.7. The fourth-order valence-electron chi connectivity index (χ4n) is 3.58. The van der Waals surface area contributed by atoms with E-state index in [9.17, 15) is 4.79 Å². The molecule has 3 rings (SSSR count). The maximum atomic E-state index is 12.0. The van der Waals surface area contributed by atoms with Crippen LogP contribution < -0.4 is 17.2 Å². The lowest BCUT2D eigenvalue weighted by Gasteiger charge is -2.24. The maximum Gasteiger partial charge on any atom is 0.354 e. The number of hydrogen-bond donors (Lipinski definition) is 2. The predicted octanol–water partition coefficient (Wildman–Crippen LogP) is 1.98. The van der Waals surface area contributed by atoms with E-state index in [0.29, 0.717) is 17.9 Å². The van der Waals surface area contributed by atoms with E-state index < -0.39 is 0 Å². The Balaban J connectivity index is 1.67. The van der Waals surface area contributed by atoms with Crippen LogP contribution in [0.2, 0.25) is 0 Å². The molecular formula is C20H29N5O. The summed E-state index contributed by atoms with van der Waals surface area (Å²) in [4.78, 5) is 18.3. The number of nitrogens with zero attached hydrogens (tertiary/aromatic N) is 3. The van der Waals surface area contributed by atoms with Crippen molar-refractivity contribution in [2.24, 2.45) is 11.7 Å². The van der Waals surface area contributed by atoms with Gasteiger partial charge in [-0.15, -0.1) is 0 Å². The third kappa shape index (κ3) is 4.31. The first kappa shape index (κ1) is 18.6. The van der Waals surface area contributed by atoms with Crippen LogP contribution in [-0.4, -0.2) is 40.1 Å². The summed E-state index contributed by atoms with van der Waals surface area (Å²) in [6.07, 6.45) is 3.89. The number of nitrogens with two attached hydrogens (primary N) is 2. The third-order valence-electron chi connectivity index (χ3n) is 5.51. The molecule has 1 saturated heterocycles. The lowest BCUT2D eigenvalue weighted by Crippen LogP contribution is -2.30. The minimum atomic E-state index is -0.360. The van der Waals surface area contributed by atoms with Gasteiger partial charge in [-0.05, 0) is 61.5 Å². The van der Waals surface area contributed by atoms with Gasteiger partial charge in [0.05, 0.1) is 5.69 Å². The number of likely N-dealkylation sites (tertiary alicyclic amines) is 1. The van der Waals surface area contributed by atoms with E-state index in [1.807, 2.05) is 12.1 Å². The van der Waals surface area contributed by atoms with Crippen molar-refractivity contribution in [2.45, 2.75) is 38.6 Å². The molecule has 0 bridgehead atoms. The highest BCUT2D eigenvalue weighted by molar-refractivity contribution is 5.37. The molecule has 0 radical (unpaired) electrons. The van der Waals surface area contributed by atoms with Gasteiger partial charge in [0.25, 0.3) is 0 Å². The minimum absolute atomic E-state index is 0.239. The molecule has 1 aliphatic heterocycles. The van der Waals surface area contributed by atoms with Crippen LogP contribution in [0, 0.1) is 5.92 Å². The Hall–Kier alpha value is -2.18.